The van der Waals surface area contributed by atoms with Crippen LogP contribution in [0, 0.1) is 0 Å². The number of benzene rings is 1. The molecule has 0 saturated carbocycles. The molecule has 6 heteroatoms. The molecule has 1 saturated heterocycles. The third kappa shape index (κ3) is 2.67. The Balaban J connectivity index is 2.10. The quantitative estimate of drug-likeness (QED) is 0.856. The van der Waals surface area contributed by atoms with Crippen LogP contribution in [0.5, 0.6) is 0 Å². The van der Waals surface area contributed by atoms with Gasteiger partial charge in [-0.3, -0.25) is 0 Å². The maximum Gasteiger partial charge on any atom is 0.245 e. The van der Waals surface area contributed by atoms with Crippen molar-refractivity contribution < 1.29 is 8.42 Å². The van der Waals surface area contributed by atoms with Gasteiger partial charge >= 0.3 is 0 Å². The van der Waals surface area contributed by atoms with Gasteiger partial charge < -0.3 is 4.90 Å². The summed E-state index contributed by atoms with van der Waals surface area (Å²) in [5, 5.41) is 0.477. The summed E-state index contributed by atoms with van der Waals surface area (Å²) in [5.74, 6) is 0. The van der Waals surface area contributed by atoms with Gasteiger partial charge in [0.1, 0.15) is 4.90 Å². The standard InChI is InChI=1S/C15H21ClN2O2S/c1-2-3-8-17-11-13-5-4-9-18(13)14-7-6-12(16)10-15(14)21(17,19)20/h6-7,10,13H,2-5,8-9,11H2,1H3. The molecule has 2 aliphatic heterocycles. The molecule has 116 valence electrons. The van der Waals surface area contributed by atoms with Gasteiger partial charge in [-0.2, -0.15) is 4.31 Å². The lowest BCUT2D eigenvalue weighted by molar-refractivity contribution is 0.382. The number of nitrogens with zero attached hydrogens (tertiary/aromatic N) is 2. The minimum absolute atomic E-state index is 0.291. The fourth-order valence-corrected chi connectivity index (χ4v) is 5.27. The highest BCUT2D eigenvalue weighted by molar-refractivity contribution is 7.89. The molecular weight excluding hydrogens is 308 g/mol. The SMILES string of the molecule is CCCCN1CC2CCCN2c2ccc(Cl)cc2S1(=O)=O. The molecule has 0 aromatic heterocycles. The summed E-state index contributed by atoms with van der Waals surface area (Å²) in [4.78, 5) is 2.62. The second-order valence-electron chi connectivity index (χ2n) is 5.82. The molecule has 4 nitrogen and oxygen atoms in total. The lowest BCUT2D eigenvalue weighted by Gasteiger charge is -2.26. The fourth-order valence-electron chi connectivity index (χ4n) is 3.29. The van der Waals surface area contributed by atoms with Crippen molar-refractivity contribution in [2.45, 2.75) is 43.5 Å². The van der Waals surface area contributed by atoms with Crippen molar-refractivity contribution in [1.82, 2.24) is 4.31 Å². The summed E-state index contributed by atoms with van der Waals surface area (Å²) in [7, 11) is -3.45. The van der Waals surface area contributed by atoms with E-state index >= 15 is 0 Å². The van der Waals surface area contributed by atoms with Gasteiger partial charge in [0.2, 0.25) is 10.0 Å². The van der Waals surface area contributed by atoms with E-state index in [2.05, 4.69) is 11.8 Å². The first-order chi connectivity index (χ1) is 10.0. The van der Waals surface area contributed by atoms with Crippen LogP contribution in [0.4, 0.5) is 5.69 Å². The number of rotatable bonds is 3. The van der Waals surface area contributed by atoms with Crippen LogP contribution in [-0.2, 0) is 10.0 Å². The smallest absolute Gasteiger partial charge is 0.245 e. The van der Waals surface area contributed by atoms with Crippen molar-refractivity contribution >= 4 is 27.3 Å². The predicted molar refractivity (Wildman–Crippen MR) is 85.5 cm³/mol. The number of halogens is 1. The molecule has 1 aromatic carbocycles. The number of anilines is 1. The van der Waals surface area contributed by atoms with E-state index in [9.17, 15) is 8.42 Å². The van der Waals surface area contributed by atoms with E-state index in [1.54, 1.807) is 16.4 Å². The first-order valence-electron chi connectivity index (χ1n) is 7.60. The minimum atomic E-state index is -3.45. The van der Waals surface area contributed by atoms with Crippen molar-refractivity contribution in [2.75, 3.05) is 24.5 Å². The van der Waals surface area contributed by atoms with Gasteiger partial charge in [0.25, 0.3) is 0 Å². The van der Waals surface area contributed by atoms with Crippen LogP contribution in [0.1, 0.15) is 32.6 Å². The van der Waals surface area contributed by atoms with Crippen molar-refractivity contribution in [2.24, 2.45) is 0 Å². The zero-order valence-corrected chi connectivity index (χ0v) is 13.8. The second kappa shape index (κ2) is 5.78. The Morgan fingerprint density at radius 2 is 2.19 bits per heavy atom. The van der Waals surface area contributed by atoms with Crippen LogP contribution in [0.2, 0.25) is 5.02 Å². The average Bonchev–Trinajstić information content (AvgIpc) is 2.88. The molecule has 3 rings (SSSR count). The Labute approximate surface area is 131 Å². The Bertz CT molecular complexity index is 633. The number of unbranched alkanes of at least 4 members (excludes halogenated alkanes) is 1. The van der Waals surface area contributed by atoms with Gasteiger partial charge in [0.05, 0.1) is 5.69 Å². The number of hydrogen-bond donors (Lipinski definition) is 0. The molecule has 1 unspecified atom stereocenters. The van der Waals surface area contributed by atoms with Crippen LogP contribution in [0.3, 0.4) is 0 Å². The summed E-state index contributed by atoms with van der Waals surface area (Å²) in [6.07, 6.45) is 4.05. The normalized spacial score (nSPS) is 24.5. The summed E-state index contributed by atoms with van der Waals surface area (Å²) >= 11 is 6.05. The Hall–Kier alpha value is -0.780. The Morgan fingerprint density at radius 1 is 1.38 bits per heavy atom. The minimum Gasteiger partial charge on any atom is -0.366 e. The monoisotopic (exact) mass is 328 g/mol. The summed E-state index contributed by atoms with van der Waals surface area (Å²) < 4.78 is 27.6. The Kier molecular flexibility index (Phi) is 4.17. The molecule has 1 aromatic rings. The fraction of sp³-hybridized carbons (Fsp3) is 0.600. The summed E-state index contributed by atoms with van der Waals surface area (Å²) in [5.41, 5.74) is 0.820. The van der Waals surface area contributed by atoms with Crippen LogP contribution in [-0.4, -0.2) is 38.4 Å². The molecule has 0 N–H and O–H groups in total. The van der Waals surface area contributed by atoms with Crippen LogP contribution in [0.15, 0.2) is 23.1 Å². The topological polar surface area (TPSA) is 40.6 Å². The number of fused-ring (bicyclic) bond motifs is 3. The molecule has 1 atom stereocenters. The maximum atomic E-state index is 13.0. The molecular formula is C15H21ClN2O2S. The number of sulfonamides is 1. The zero-order valence-electron chi connectivity index (χ0n) is 12.3. The van der Waals surface area contributed by atoms with E-state index < -0.39 is 10.0 Å². The van der Waals surface area contributed by atoms with E-state index in [4.69, 9.17) is 11.6 Å². The van der Waals surface area contributed by atoms with Gasteiger partial charge in [0, 0.05) is 30.7 Å². The lowest BCUT2D eigenvalue weighted by atomic mass is 10.2. The molecule has 0 aliphatic carbocycles. The van der Waals surface area contributed by atoms with E-state index in [1.807, 2.05) is 6.07 Å². The summed E-state index contributed by atoms with van der Waals surface area (Å²) in [6.45, 7) is 4.19. The van der Waals surface area contributed by atoms with E-state index in [0.29, 0.717) is 29.0 Å². The van der Waals surface area contributed by atoms with E-state index in [0.717, 1.165) is 37.9 Å². The molecule has 0 radical (unpaired) electrons. The van der Waals surface area contributed by atoms with Crippen molar-refractivity contribution in [3.63, 3.8) is 0 Å². The molecule has 0 bridgehead atoms. The second-order valence-corrected chi connectivity index (χ2v) is 8.16. The van der Waals surface area contributed by atoms with Crippen LogP contribution >= 0.6 is 11.6 Å². The number of hydrogen-bond acceptors (Lipinski definition) is 3. The molecule has 0 spiro atoms. The van der Waals surface area contributed by atoms with Gasteiger partial charge in [-0.15, -0.1) is 0 Å². The molecule has 1 fully saturated rings. The van der Waals surface area contributed by atoms with Gasteiger partial charge in [-0.25, -0.2) is 8.42 Å². The third-order valence-corrected chi connectivity index (χ3v) is 6.53. The first kappa shape index (κ1) is 15.1. The first-order valence-corrected chi connectivity index (χ1v) is 9.42. The van der Waals surface area contributed by atoms with Crippen molar-refractivity contribution in [3.8, 4) is 0 Å². The molecule has 21 heavy (non-hydrogen) atoms. The molecule has 0 amide bonds. The highest BCUT2D eigenvalue weighted by atomic mass is 35.5. The van der Waals surface area contributed by atoms with Gasteiger partial charge in [-0.1, -0.05) is 24.9 Å². The predicted octanol–water partition coefficient (Wildman–Crippen LogP) is 3.11. The zero-order chi connectivity index (χ0) is 15.0. The highest BCUT2D eigenvalue weighted by Crippen LogP contribution is 2.38. The molecule has 2 heterocycles. The lowest BCUT2D eigenvalue weighted by Crippen LogP contribution is -2.40. The van der Waals surface area contributed by atoms with Crippen LogP contribution < -0.4 is 4.90 Å². The average molecular weight is 329 g/mol. The Morgan fingerprint density at radius 3 is 2.95 bits per heavy atom. The van der Waals surface area contributed by atoms with Crippen LogP contribution in [0.25, 0.3) is 0 Å². The van der Waals surface area contributed by atoms with Gasteiger partial charge in [0.15, 0.2) is 0 Å². The maximum absolute atomic E-state index is 13.0. The summed E-state index contributed by atoms with van der Waals surface area (Å²) in [6, 6.07) is 5.54. The van der Waals surface area contributed by atoms with E-state index in [-0.39, 0.29) is 0 Å². The van der Waals surface area contributed by atoms with Gasteiger partial charge in [-0.05, 0) is 37.5 Å². The van der Waals surface area contributed by atoms with Crippen molar-refractivity contribution in [3.05, 3.63) is 23.2 Å². The molecule has 2 aliphatic rings. The van der Waals surface area contributed by atoms with Crippen molar-refractivity contribution in [1.29, 1.82) is 0 Å². The highest BCUT2D eigenvalue weighted by Gasteiger charge is 2.38. The largest absolute Gasteiger partial charge is 0.366 e. The third-order valence-electron chi connectivity index (χ3n) is 4.40. The van der Waals surface area contributed by atoms with E-state index in [1.165, 1.54) is 0 Å².